The maximum Gasteiger partial charge on any atom is 0.273 e. The third-order valence-electron chi connectivity index (χ3n) is 2.28. The second-order valence-electron chi connectivity index (χ2n) is 3.74. The molecule has 94 valence electrons. The Morgan fingerprint density at radius 2 is 2.18 bits per heavy atom. The molecular formula is C11H16N2O4. The van der Waals surface area contributed by atoms with Gasteiger partial charge in [0.05, 0.1) is 24.7 Å². The minimum atomic E-state index is -0.474. The van der Waals surface area contributed by atoms with Crippen LogP contribution in [-0.4, -0.2) is 25.2 Å². The van der Waals surface area contributed by atoms with Crippen molar-refractivity contribution in [2.24, 2.45) is 11.7 Å². The Hall–Kier alpha value is -1.82. The molecule has 0 aliphatic carbocycles. The molecule has 0 radical (unpaired) electrons. The van der Waals surface area contributed by atoms with Crippen LogP contribution in [0, 0.1) is 16.0 Å². The maximum atomic E-state index is 10.6. The zero-order chi connectivity index (χ0) is 12.8. The SMILES string of the molecule is COc1ccc([N+](=O)[O-])cc1OCC(C)CN. The van der Waals surface area contributed by atoms with Gasteiger partial charge in [0.25, 0.3) is 5.69 Å². The van der Waals surface area contributed by atoms with Crippen molar-refractivity contribution in [1.29, 1.82) is 0 Å². The maximum absolute atomic E-state index is 10.6. The molecule has 1 aromatic rings. The van der Waals surface area contributed by atoms with Crippen LogP contribution in [0.2, 0.25) is 0 Å². The first-order valence-electron chi connectivity index (χ1n) is 5.23. The number of nitrogens with two attached hydrogens (primary N) is 1. The monoisotopic (exact) mass is 240 g/mol. The van der Waals surface area contributed by atoms with Crippen molar-refractivity contribution >= 4 is 5.69 Å². The number of nitrogens with zero attached hydrogens (tertiary/aromatic N) is 1. The molecule has 1 unspecified atom stereocenters. The highest BCUT2D eigenvalue weighted by Crippen LogP contribution is 2.31. The molecule has 0 aliphatic rings. The Bertz CT molecular complexity index is 395. The molecule has 1 aromatic carbocycles. The Morgan fingerprint density at radius 3 is 2.71 bits per heavy atom. The van der Waals surface area contributed by atoms with Gasteiger partial charge in [0.15, 0.2) is 11.5 Å². The van der Waals surface area contributed by atoms with Crippen LogP contribution in [0.1, 0.15) is 6.92 Å². The van der Waals surface area contributed by atoms with E-state index in [1.807, 2.05) is 6.92 Å². The molecule has 1 atom stereocenters. The summed E-state index contributed by atoms with van der Waals surface area (Å²) >= 11 is 0. The van der Waals surface area contributed by atoms with Gasteiger partial charge in [-0.15, -0.1) is 0 Å². The number of rotatable bonds is 6. The van der Waals surface area contributed by atoms with Gasteiger partial charge in [-0.2, -0.15) is 0 Å². The zero-order valence-corrected chi connectivity index (χ0v) is 9.88. The quantitative estimate of drug-likeness (QED) is 0.602. The highest BCUT2D eigenvalue weighted by atomic mass is 16.6. The van der Waals surface area contributed by atoms with Crippen LogP contribution in [0.4, 0.5) is 5.69 Å². The summed E-state index contributed by atoms with van der Waals surface area (Å²) in [6.45, 7) is 2.83. The lowest BCUT2D eigenvalue weighted by molar-refractivity contribution is -0.385. The molecule has 0 heterocycles. The molecular weight excluding hydrogens is 224 g/mol. The number of nitro benzene ring substituents is 1. The second kappa shape index (κ2) is 6.05. The fraction of sp³-hybridized carbons (Fsp3) is 0.455. The molecule has 0 spiro atoms. The van der Waals surface area contributed by atoms with Crippen LogP contribution in [-0.2, 0) is 0 Å². The van der Waals surface area contributed by atoms with Gasteiger partial charge in [-0.25, -0.2) is 0 Å². The fourth-order valence-corrected chi connectivity index (χ4v) is 1.19. The van der Waals surface area contributed by atoms with Gasteiger partial charge >= 0.3 is 0 Å². The minimum absolute atomic E-state index is 0.0267. The number of hydrogen-bond donors (Lipinski definition) is 1. The molecule has 17 heavy (non-hydrogen) atoms. The van der Waals surface area contributed by atoms with Crippen molar-refractivity contribution in [3.63, 3.8) is 0 Å². The van der Waals surface area contributed by atoms with Gasteiger partial charge in [0.2, 0.25) is 0 Å². The summed E-state index contributed by atoms with van der Waals surface area (Å²) in [6, 6.07) is 4.24. The number of benzene rings is 1. The van der Waals surface area contributed by atoms with Crippen molar-refractivity contribution in [2.45, 2.75) is 6.92 Å². The Kier molecular flexibility index (Phi) is 4.71. The topological polar surface area (TPSA) is 87.6 Å². The summed E-state index contributed by atoms with van der Waals surface area (Å²) in [5, 5.41) is 10.6. The predicted octanol–water partition coefficient (Wildman–Crippen LogP) is 1.58. The normalized spacial score (nSPS) is 11.9. The molecule has 0 aromatic heterocycles. The van der Waals surface area contributed by atoms with Gasteiger partial charge in [0, 0.05) is 12.0 Å². The lowest BCUT2D eigenvalue weighted by atomic mass is 10.2. The van der Waals surface area contributed by atoms with Gasteiger partial charge in [0.1, 0.15) is 0 Å². The van der Waals surface area contributed by atoms with E-state index in [2.05, 4.69) is 0 Å². The largest absolute Gasteiger partial charge is 0.493 e. The standard InChI is InChI=1S/C11H16N2O4/c1-8(6-12)7-17-11-5-9(13(14)15)3-4-10(11)16-2/h3-5,8H,6-7,12H2,1-2H3. The first kappa shape index (κ1) is 13.2. The number of hydrogen-bond acceptors (Lipinski definition) is 5. The molecule has 0 saturated heterocycles. The van der Waals surface area contributed by atoms with Crippen LogP contribution in [0.25, 0.3) is 0 Å². The van der Waals surface area contributed by atoms with E-state index in [9.17, 15) is 10.1 Å². The highest BCUT2D eigenvalue weighted by Gasteiger charge is 2.13. The van der Waals surface area contributed by atoms with Crippen LogP contribution in [0.3, 0.4) is 0 Å². The number of non-ortho nitro benzene ring substituents is 1. The lowest BCUT2D eigenvalue weighted by Gasteiger charge is -2.13. The molecule has 0 saturated carbocycles. The number of ether oxygens (including phenoxy) is 2. The molecule has 0 aliphatic heterocycles. The Balaban J connectivity index is 2.86. The summed E-state index contributed by atoms with van der Waals surface area (Å²) in [6.07, 6.45) is 0. The van der Waals surface area contributed by atoms with E-state index in [1.54, 1.807) is 0 Å². The average molecular weight is 240 g/mol. The van der Waals surface area contributed by atoms with Crippen molar-refractivity contribution in [1.82, 2.24) is 0 Å². The highest BCUT2D eigenvalue weighted by molar-refractivity contribution is 5.48. The summed E-state index contributed by atoms with van der Waals surface area (Å²) in [5.41, 5.74) is 5.44. The molecule has 2 N–H and O–H groups in total. The van der Waals surface area contributed by atoms with Crippen molar-refractivity contribution in [2.75, 3.05) is 20.3 Å². The molecule has 6 heteroatoms. The summed E-state index contributed by atoms with van der Waals surface area (Å²) < 4.78 is 10.5. The third kappa shape index (κ3) is 3.60. The first-order valence-corrected chi connectivity index (χ1v) is 5.23. The molecule has 0 bridgehead atoms. The van der Waals surface area contributed by atoms with Gasteiger partial charge in [-0.05, 0) is 12.6 Å². The Morgan fingerprint density at radius 1 is 1.47 bits per heavy atom. The van der Waals surface area contributed by atoms with Crippen molar-refractivity contribution in [3.8, 4) is 11.5 Å². The van der Waals surface area contributed by atoms with Gasteiger partial charge in [-0.1, -0.05) is 6.92 Å². The second-order valence-corrected chi connectivity index (χ2v) is 3.74. The van der Waals surface area contributed by atoms with Crippen LogP contribution in [0.15, 0.2) is 18.2 Å². The third-order valence-corrected chi connectivity index (χ3v) is 2.28. The lowest BCUT2D eigenvalue weighted by Crippen LogP contribution is -2.18. The fourth-order valence-electron chi connectivity index (χ4n) is 1.19. The Labute approximate surface area is 99.5 Å². The van der Waals surface area contributed by atoms with Crippen molar-refractivity contribution in [3.05, 3.63) is 28.3 Å². The minimum Gasteiger partial charge on any atom is -0.493 e. The summed E-state index contributed by atoms with van der Waals surface area (Å²) in [7, 11) is 1.49. The molecule has 0 fully saturated rings. The predicted molar refractivity (Wildman–Crippen MR) is 63.4 cm³/mol. The molecule has 1 rings (SSSR count). The van der Waals surface area contributed by atoms with E-state index >= 15 is 0 Å². The number of nitro groups is 1. The van der Waals surface area contributed by atoms with E-state index in [4.69, 9.17) is 15.2 Å². The molecule has 0 amide bonds. The van der Waals surface area contributed by atoms with Crippen molar-refractivity contribution < 1.29 is 14.4 Å². The average Bonchev–Trinajstić information content (AvgIpc) is 2.35. The van der Waals surface area contributed by atoms with Gasteiger partial charge in [-0.3, -0.25) is 10.1 Å². The van der Waals surface area contributed by atoms with E-state index in [1.165, 1.54) is 25.3 Å². The van der Waals surface area contributed by atoms with E-state index in [0.29, 0.717) is 24.7 Å². The first-order chi connectivity index (χ1) is 8.08. The summed E-state index contributed by atoms with van der Waals surface area (Å²) in [4.78, 5) is 10.2. The smallest absolute Gasteiger partial charge is 0.273 e. The van der Waals surface area contributed by atoms with E-state index < -0.39 is 4.92 Å². The van der Waals surface area contributed by atoms with Crippen LogP contribution < -0.4 is 15.2 Å². The van der Waals surface area contributed by atoms with Gasteiger partial charge < -0.3 is 15.2 Å². The molecule has 6 nitrogen and oxygen atoms in total. The van der Waals surface area contributed by atoms with E-state index in [0.717, 1.165) is 0 Å². The zero-order valence-electron chi connectivity index (χ0n) is 9.88. The summed E-state index contributed by atoms with van der Waals surface area (Å²) in [5.74, 6) is 1.01. The number of methoxy groups -OCH3 is 1. The van der Waals surface area contributed by atoms with Crippen LogP contribution in [0.5, 0.6) is 11.5 Å². The van der Waals surface area contributed by atoms with Crippen LogP contribution >= 0.6 is 0 Å². The van der Waals surface area contributed by atoms with E-state index in [-0.39, 0.29) is 11.6 Å².